The smallest absolute Gasteiger partial charge is 0.413 e. The van der Waals surface area contributed by atoms with E-state index in [9.17, 15) is 4.79 Å². The Balaban J connectivity index is 2.24. The Morgan fingerprint density at radius 2 is 2.29 bits per heavy atom. The van der Waals surface area contributed by atoms with Crippen LogP contribution in [0.5, 0.6) is 0 Å². The topological polar surface area (TPSA) is 68.2 Å². The number of thiocarbonyl (C=S) groups is 1. The Morgan fingerprint density at radius 1 is 1.57 bits per heavy atom. The van der Waals surface area contributed by atoms with E-state index in [1.54, 1.807) is 11.6 Å². The van der Waals surface area contributed by atoms with Gasteiger partial charge in [-0.1, -0.05) is 0 Å². The van der Waals surface area contributed by atoms with Crippen molar-refractivity contribution in [2.45, 2.75) is 13.8 Å². The molecule has 0 saturated carbocycles. The average molecular weight is 371 g/mol. The van der Waals surface area contributed by atoms with E-state index in [0.717, 1.165) is 26.6 Å². The number of hydrogen-bond acceptors (Lipinski definition) is 4. The highest BCUT2D eigenvalue weighted by Crippen LogP contribution is 2.32. The summed E-state index contributed by atoms with van der Waals surface area (Å²) in [5.74, 6) is 0. The van der Waals surface area contributed by atoms with Gasteiger partial charge in [-0.05, 0) is 53.6 Å². The molecule has 0 atom stereocenters. The van der Waals surface area contributed by atoms with Gasteiger partial charge in [0, 0.05) is 24.3 Å². The van der Waals surface area contributed by atoms with Crippen molar-refractivity contribution < 1.29 is 9.53 Å². The van der Waals surface area contributed by atoms with E-state index in [1.807, 2.05) is 26.2 Å². The molecule has 0 saturated heterocycles. The molecule has 2 aromatic rings. The number of fused-ring (bicyclic) bond motifs is 1. The van der Waals surface area contributed by atoms with Gasteiger partial charge in [0.1, 0.15) is 5.52 Å². The van der Waals surface area contributed by atoms with Crippen molar-refractivity contribution in [2.75, 3.05) is 11.9 Å². The highest BCUT2D eigenvalue weighted by Gasteiger charge is 2.13. The zero-order chi connectivity index (χ0) is 15.6. The Morgan fingerprint density at radius 3 is 2.95 bits per heavy atom. The number of aromatic nitrogens is 2. The van der Waals surface area contributed by atoms with E-state index in [1.165, 1.54) is 0 Å². The summed E-state index contributed by atoms with van der Waals surface area (Å²) in [5, 5.41) is 11.0. The zero-order valence-corrected chi connectivity index (χ0v) is 14.3. The van der Waals surface area contributed by atoms with Gasteiger partial charge in [0.05, 0.1) is 11.1 Å². The third kappa shape index (κ3) is 3.51. The number of nitrogens with one attached hydrogen (secondary N) is 2. The van der Waals surface area contributed by atoms with E-state index < -0.39 is 6.09 Å². The van der Waals surface area contributed by atoms with Crippen molar-refractivity contribution in [3.05, 3.63) is 22.3 Å². The molecule has 0 unspecified atom stereocenters. The monoisotopic (exact) mass is 370 g/mol. The fourth-order valence-electron chi connectivity index (χ4n) is 1.89. The molecule has 1 aromatic heterocycles. The van der Waals surface area contributed by atoms with Crippen LogP contribution >= 0.6 is 28.1 Å². The lowest BCUT2D eigenvalue weighted by Crippen LogP contribution is -2.34. The zero-order valence-electron chi connectivity index (χ0n) is 11.9. The fourth-order valence-corrected chi connectivity index (χ4v) is 2.60. The number of carbonyl (C=O) groups is 1. The first-order chi connectivity index (χ1) is 9.92. The Bertz CT molecular complexity index is 714. The molecule has 2 N–H and O–H groups in total. The highest BCUT2D eigenvalue weighted by molar-refractivity contribution is 9.10. The van der Waals surface area contributed by atoms with Gasteiger partial charge in [-0.15, -0.1) is 0 Å². The number of rotatable bonds is 2. The summed E-state index contributed by atoms with van der Waals surface area (Å²) in [6, 6.07) is 1.93. The molecule has 0 aliphatic heterocycles. The van der Waals surface area contributed by atoms with Crippen LogP contribution in [0, 0.1) is 6.92 Å². The van der Waals surface area contributed by atoms with Crippen molar-refractivity contribution in [1.82, 2.24) is 15.1 Å². The predicted molar refractivity (Wildman–Crippen MR) is 89.5 cm³/mol. The first kappa shape index (κ1) is 15.7. The number of halogens is 1. The van der Waals surface area contributed by atoms with Crippen LogP contribution in [-0.4, -0.2) is 27.6 Å². The van der Waals surface area contributed by atoms with E-state index in [-0.39, 0.29) is 5.11 Å². The molecule has 1 heterocycles. The summed E-state index contributed by atoms with van der Waals surface area (Å²) >= 11 is 8.64. The second kappa shape index (κ2) is 6.40. The maximum Gasteiger partial charge on any atom is 0.413 e. The molecule has 112 valence electrons. The summed E-state index contributed by atoms with van der Waals surface area (Å²) in [4.78, 5) is 11.3. The van der Waals surface area contributed by atoms with Gasteiger partial charge in [-0.3, -0.25) is 10.00 Å². The molecular weight excluding hydrogens is 356 g/mol. The van der Waals surface area contributed by atoms with Crippen LogP contribution in [0.2, 0.25) is 0 Å². The summed E-state index contributed by atoms with van der Waals surface area (Å²) in [6.45, 7) is 3.96. The van der Waals surface area contributed by atoms with E-state index in [2.05, 4.69) is 31.7 Å². The molecule has 0 fully saturated rings. The highest BCUT2D eigenvalue weighted by atomic mass is 79.9. The number of hydrogen-bond donors (Lipinski definition) is 2. The molecule has 21 heavy (non-hydrogen) atoms. The summed E-state index contributed by atoms with van der Waals surface area (Å²) in [5.41, 5.74) is 2.63. The number of alkyl carbamates (subject to hydrolysis) is 1. The Hall–Kier alpha value is -1.67. The van der Waals surface area contributed by atoms with E-state index in [0.29, 0.717) is 6.61 Å². The third-order valence-corrected chi connectivity index (χ3v) is 4.01. The second-order valence-electron chi connectivity index (χ2n) is 4.40. The number of ether oxygens (including phenoxy) is 1. The Labute approximate surface area is 136 Å². The van der Waals surface area contributed by atoms with Crippen molar-refractivity contribution >= 4 is 55.9 Å². The quantitative estimate of drug-likeness (QED) is 0.795. The molecule has 0 radical (unpaired) electrons. The van der Waals surface area contributed by atoms with Crippen molar-refractivity contribution in [3.8, 4) is 0 Å². The molecule has 0 spiro atoms. The first-order valence-electron chi connectivity index (χ1n) is 6.29. The minimum absolute atomic E-state index is 0.187. The fraction of sp³-hybridized carbons (Fsp3) is 0.308. The molecule has 8 heteroatoms. The normalized spacial score (nSPS) is 10.5. The molecule has 0 aliphatic rings. The molecule has 1 aromatic carbocycles. The lowest BCUT2D eigenvalue weighted by Gasteiger charge is -2.13. The molecule has 2 rings (SSSR count). The van der Waals surface area contributed by atoms with Crippen molar-refractivity contribution in [3.63, 3.8) is 0 Å². The minimum Gasteiger partial charge on any atom is -0.450 e. The maximum atomic E-state index is 11.3. The van der Waals surface area contributed by atoms with Gasteiger partial charge < -0.3 is 10.1 Å². The molecule has 1 amide bonds. The number of amides is 1. The predicted octanol–water partition coefficient (Wildman–Crippen LogP) is 3.09. The van der Waals surface area contributed by atoms with Gasteiger partial charge in [0.15, 0.2) is 5.11 Å². The minimum atomic E-state index is -0.575. The molecule has 0 aliphatic carbocycles. The molecule has 6 nitrogen and oxygen atoms in total. The van der Waals surface area contributed by atoms with Gasteiger partial charge in [-0.25, -0.2) is 4.79 Å². The standard InChI is InChI=1S/C13H15BrN4O2S/c1-4-20-13(19)16-12(21)15-9-5-8-6-18(3)17-11(8)10(14)7(9)2/h5-6H,4H2,1-3H3,(H2,15,16,19,21). The summed E-state index contributed by atoms with van der Waals surface area (Å²) in [6.07, 6.45) is 1.33. The number of aryl methyl sites for hydroxylation is 1. The lowest BCUT2D eigenvalue weighted by atomic mass is 10.1. The van der Waals surface area contributed by atoms with Crippen LogP contribution < -0.4 is 10.6 Å². The molecular formula is C13H15BrN4O2S. The van der Waals surface area contributed by atoms with Crippen LogP contribution in [-0.2, 0) is 11.8 Å². The number of carbonyl (C=O) groups excluding carboxylic acids is 1. The van der Waals surface area contributed by atoms with Gasteiger partial charge in [0.25, 0.3) is 0 Å². The molecule has 0 bridgehead atoms. The van der Waals surface area contributed by atoms with E-state index in [4.69, 9.17) is 17.0 Å². The maximum absolute atomic E-state index is 11.3. The van der Waals surface area contributed by atoms with Crippen LogP contribution in [0.15, 0.2) is 16.7 Å². The van der Waals surface area contributed by atoms with Crippen LogP contribution in [0.4, 0.5) is 10.5 Å². The largest absolute Gasteiger partial charge is 0.450 e. The van der Waals surface area contributed by atoms with Crippen LogP contribution in [0.3, 0.4) is 0 Å². The van der Waals surface area contributed by atoms with Gasteiger partial charge in [-0.2, -0.15) is 5.10 Å². The van der Waals surface area contributed by atoms with Crippen LogP contribution in [0.25, 0.3) is 10.9 Å². The summed E-state index contributed by atoms with van der Waals surface area (Å²) < 4.78 is 7.41. The summed E-state index contributed by atoms with van der Waals surface area (Å²) in [7, 11) is 1.86. The second-order valence-corrected chi connectivity index (χ2v) is 5.60. The van der Waals surface area contributed by atoms with Crippen LogP contribution in [0.1, 0.15) is 12.5 Å². The van der Waals surface area contributed by atoms with Gasteiger partial charge in [0.2, 0.25) is 0 Å². The number of benzene rings is 1. The SMILES string of the molecule is CCOC(=O)NC(=S)Nc1cc2cn(C)nc2c(Br)c1C. The van der Waals surface area contributed by atoms with Crippen molar-refractivity contribution in [2.24, 2.45) is 7.05 Å². The lowest BCUT2D eigenvalue weighted by molar-refractivity contribution is 0.158. The number of nitrogens with zero attached hydrogens (tertiary/aromatic N) is 2. The Kier molecular flexibility index (Phi) is 4.79. The van der Waals surface area contributed by atoms with E-state index >= 15 is 0 Å². The van der Waals surface area contributed by atoms with Gasteiger partial charge >= 0.3 is 6.09 Å². The number of anilines is 1. The third-order valence-electron chi connectivity index (χ3n) is 2.84. The average Bonchev–Trinajstić information content (AvgIpc) is 2.76. The van der Waals surface area contributed by atoms with Crippen molar-refractivity contribution in [1.29, 1.82) is 0 Å². The first-order valence-corrected chi connectivity index (χ1v) is 7.49.